The molecule has 0 bridgehead atoms. The van der Waals surface area contributed by atoms with Crippen LogP contribution in [0.25, 0.3) is 0 Å². The van der Waals surface area contributed by atoms with Crippen molar-refractivity contribution in [2.45, 2.75) is 194 Å². The fraction of sp³-hybridized carbons (Fsp3) is 0.508. The summed E-state index contributed by atoms with van der Waals surface area (Å²) in [4.78, 5) is 38.0. The molecule has 0 saturated carbocycles. The molecule has 382 valence electrons. The highest BCUT2D eigenvalue weighted by Gasteiger charge is 2.19. The first kappa shape index (κ1) is 63.8. The summed E-state index contributed by atoms with van der Waals surface area (Å²) in [6.45, 7) is 6.20. The van der Waals surface area contributed by atoms with Crippen LogP contribution in [0, 0.1) is 0 Å². The van der Waals surface area contributed by atoms with E-state index in [2.05, 4.69) is 179 Å². The highest BCUT2D eigenvalue weighted by Crippen LogP contribution is 2.09. The fourth-order valence-corrected chi connectivity index (χ4v) is 6.27. The van der Waals surface area contributed by atoms with Crippen LogP contribution in [0.15, 0.2) is 170 Å². The zero-order valence-electron chi connectivity index (χ0n) is 43.5. The van der Waals surface area contributed by atoms with E-state index in [1.807, 2.05) is 12.2 Å². The number of carbonyl (C=O) groups is 3. The molecule has 1 atom stereocenters. The van der Waals surface area contributed by atoms with E-state index in [1.165, 1.54) is 25.7 Å². The van der Waals surface area contributed by atoms with Gasteiger partial charge in [0.05, 0.1) is 0 Å². The molecule has 0 aromatic heterocycles. The van der Waals surface area contributed by atoms with E-state index in [4.69, 9.17) is 14.2 Å². The van der Waals surface area contributed by atoms with Gasteiger partial charge in [0.1, 0.15) is 13.2 Å². The van der Waals surface area contributed by atoms with Crippen LogP contribution in [0.1, 0.15) is 188 Å². The maximum atomic E-state index is 12.8. The third-order valence-electron chi connectivity index (χ3n) is 10.2. The highest BCUT2D eigenvalue weighted by atomic mass is 16.6. The number of hydrogen-bond donors (Lipinski definition) is 0. The van der Waals surface area contributed by atoms with Gasteiger partial charge >= 0.3 is 17.9 Å². The van der Waals surface area contributed by atoms with Crippen molar-refractivity contribution < 1.29 is 28.6 Å². The van der Waals surface area contributed by atoms with Crippen molar-refractivity contribution in [3.05, 3.63) is 170 Å². The van der Waals surface area contributed by atoms with E-state index in [0.717, 1.165) is 103 Å². The summed E-state index contributed by atoms with van der Waals surface area (Å²) in [6.07, 6.45) is 82.1. The standard InChI is InChI=1S/C63H94O6/c1-4-7-10-13-16-19-22-25-28-30-31-33-35-38-41-44-47-50-53-56-62(65)68-59-60(58-67-61(64)55-52-49-46-43-40-37-34-27-24-21-18-15-12-9-6-3)69-63(66)57-54-51-48-45-42-39-36-32-29-26-23-20-17-14-11-8-5-2/h8-9,11-12,16-21,25-29,31,33-34,36,38-41,43,45,47-48,50,60H,4-7,10,13-15,22-24,30,32,35,37,42,44,46,49,51-59H2,1-3H3/b11-8-,12-9-,19-16-,20-17-,21-18-,28-25-,29-26-,33-31-,34-27-,39-36-,41-38-,43-40-,48-45-,50-47-/t60-/m1/s1. The maximum Gasteiger partial charge on any atom is 0.306 e. The molecule has 69 heavy (non-hydrogen) atoms. The van der Waals surface area contributed by atoms with Gasteiger partial charge in [-0.05, 0) is 135 Å². The summed E-state index contributed by atoms with van der Waals surface area (Å²) >= 11 is 0. The lowest BCUT2D eigenvalue weighted by Gasteiger charge is -2.18. The Bertz CT molecular complexity index is 1650. The summed E-state index contributed by atoms with van der Waals surface area (Å²) in [5, 5.41) is 0. The summed E-state index contributed by atoms with van der Waals surface area (Å²) in [5.41, 5.74) is 0. The van der Waals surface area contributed by atoms with E-state index in [1.54, 1.807) is 0 Å². The molecule has 0 radical (unpaired) electrons. The predicted molar refractivity (Wildman–Crippen MR) is 297 cm³/mol. The minimum atomic E-state index is -0.864. The SMILES string of the molecule is CC/C=C\C/C=C\C/C=C\C/C=C\C/C=C\CCCC(=O)O[C@@H](COC(=O)CC/C=C\C/C=C\C/C=C\C/C=C\C/C=C\CCCCC)COC(=O)CCCC/C=C\C/C=C\C/C=C\C/C=C\CC. The van der Waals surface area contributed by atoms with Gasteiger partial charge in [-0.15, -0.1) is 0 Å². The Balaban J connectivity index is 4.70. The van der Waals surface area contributed by atoms with Crippen molar-refractivity contribution in [2.24, 2.45) is 0 Å². The van der Waals surface area contributed by atoms with E-state index >= 15 is 0 Å². The monoisotopic (exact) mass is 947 g/mol. The number of esters is 3. The van der Waals surface area contributed by atoms with Crippen molar-refractivity contribution >= 4 is 17.9 Å². The Morgan fingerprint density at radius 1 is 0.304 bits per heavy atom. The van der Waals surface area contributed by atoms with Gasteiger partial charge in [0.15, 0.2) is 6.10 Å². The summed E-state index contributed by atoms with van der Waals surface area (Å²) in [5.74, 6) is -1.15. The molecule has 0 aliphatic rings. The van der Waals surface area contributed by atoms with Crippen LogP contribution in [0.4, 0.5) is 0 Å². The molecule has 0 N–H and O–H groups in total. The average molecular weight is 947 g/mol. The Morgan fingerprint density at radius 2 is 0.594 bits per heavy atom. The van der Waals surface area contributed by atoms with Gasteiger partial charge in [-0.25, -0.2) is 0 Å². The quantitative estimate of drug-likeness (QED) is 0.0262. The first-order valence-electron chi connectivity index (χ1n) is 26.6. The molecule has 0 aliphatic heterocycles. The molecule has 0 aromatic carbocycles. The normalized spacial score (nSPS) is 13.5. The van der Waals surface area contributed by atoms with Gasteiger partial charge in [0.2, 0.25) is 0 Å². The molecule has 0 aromatic rings. The second kappa shape index (κ2) is 55.4. The van der Waals surface area contributed by atoms with Gasteiger partial charge in [-0.1, -0.05) is 204 Å². The van der Waals surface area contributed by atoms with Crippen LogP contribution in [-0.4, -0.2) is 37.2 Å². The lowest BCUT2D eigenvalue weighted by Crippen LogP contribution is -2.30. The summed E-state index contributed by atoms with van der Waals surface area (Å²) < 4.78 is 16.6. The summed E-state index contributed by atoms with van der Waals surface area (Å²) in [7, 11) is 0. The topological polar surface area (TPSA) is 78.9 Å². The van der Waals surface area contributed by atoms with Gasteiger partial charge < -0.3 is 14.2 Å². The van der Waals surface area contributed by atoms with Gasteiger partial charge in [0.25, 0.3) is 0 Å². The Kier molecular flexibility index (Phi) is 51.2. The third-order valence-corrected chi connectivity index (χ3v) is 10.2. The van der Waals surface area contributed by atoms with Crippen LogP contribution in [-0.2, 0) is 28.6 Å². The molecule has 6 nitrogen and oxygen atoms in total. The van der Waals surface area contributed by atoms with Crippen LogP contribution in [0.5, 0.6) is 0 Å². The molecule has 0 spiro atoms. The molecule has 0 heterocycles. The number of unbranched alkanes of at least 4 members (excludes halogenated alkanes) is 6. The van der Waals surface area contributed by atoms with Crippen LogP contribution >= 0.6 is 0 Å². The first-order chi connectivity index (χ1) is 34.0. The fourth-order valence-electron chi connectivity index (χ4n) is 6.27. The maximum absolute atomic E-state index is 12.8. The molecule has 0 unspecified atom stereocenters. The Morgan fingerprint density at radius 3 is 0.957 bits per heavy atom. The number of rotatable bonds is 45. The molecule has 0 saturated heterocycles. The van der Waals surface area contributed by atoms with E-state index in [0.29, 0.717) is 19.3 Å². The van der Waals surface area contributed by atoms with Crippen LogP contribution < -0.4 is 0 Å². The molecule has 0 rings (SSSR count). The smallest absolute Gasteiger partial charge is 0.306 e. The zero-order chi connectivity index (χ0) is 50.0. The number of allylic oxidation sites excluding steroid dienone is 28. The van der Waals surface area contributed by atoms with Gasteiger partial charge in [0, 0.05) is 19.3 Å². The highest BCUT2D eigenvalue weighted by molar-refractivity contribution is 5.71. The Hall–Kier alpha value is -5.23. The molecular formula is C63H94O6. The lowest BCUT2D eigenvalue weighted by molar-refractivity contribution is -0.166. The van der Waals surface area contributed by atoms with E-state index in [-0.39, 0.29) is 44.4 Å². The second-order valence-electron chi connectivity index (χ2n) is 16.7. The second-order valence-corrected chi connectivity index (χ2v) is 16.7. The number of hydrogen-bond acceptors (Lipinski definition) is 6. The third kappa shape index (κ3) is 53.6. The predicted octanol–water partition coefficient (Wildman–Crippen LogP) is 18.0. The van der Waals surface area contributed by atoms with Crippen LogP contribution in [0.3, 0.4) is 0 Å². The van der Waals surface area contributed by atoms with Crippen molar-refractivity contribution in [1.82, 2.24) is 0 Å². The first-order valence-corrected chi connectivity index (χ1v) is 26.6. The summed E-state index contributed by atoms with van der Waals surface area (Å²) in [6, 6.07) is 0. The number of carbonyl (C=O) groups excluding carboxylic acids is 3. The number of ether oxygens (including phenoxy) is 3. The van der Waals surface area contributed by atoms with Crippen molar-refractivity contribution in [3.63, 3.8) is 0 Å². The van der Waals surface area contributed by atoms with Crippen LogP contribution in [0.2, 0.25) is 0 Å². The molecule has 6 heteroatoms. The van der Waals surface area contributed by atoms with Crippen molar-refractivity contribution in [1.29, 1.82) is 0 Å². The van der Waals surface area contributed by atoms with Gasteiger partial charge in [-0.2, -0.15) is 0 Å². The van der Waals surface area contributed by atoms with E-state index in [9.17, 15) is 14.4 Å². The minimum absolute atomic E-state index is 0.154. The minimum Gasteiger partial charge on any atom is -0.462 e. The molecule has 0 amide bonds. The van der Waals surface area contributed by atoms with E-state index < -0.39 is 12.1 Å². The van der Waals surface area contributed by atoms with Crippen molar-refractivity contribution in [2.75, 3.05) is 13.2 Å². The van der Waals surface area contributed by atoms with Crippen molar-refractivity contribution in [3.8, 4) is 0 Å². The molecule has 0 aliphatic carbocycles. The average Bonchev–Trinajstić information content (AvgIpc) is 3.35. The zero-order valence-corrected chi connectivity index (χ0v) is 43.5. The molecular weight excluding hydrogens is 853 g/mol. The lowest BCUT2D eigenvalue weighted by atomic mass is 10.2. The largest absolute Gasteiger partial charge is 0.462 e. The molecule has 0 fully saturated rings. The van der Waals surface area contributed by atoms with Gasteiger partial charge in [-0.3, -0.25) is 14.4 Å². The Labute approximate surface area is 422 Å².